The summed E-state index contributed by atoms with van der Waals surface area (Å²) in [5, 5.41) is 6.86. The van der Waals surface area contributed by atoms with Crippen molar-refractivity contribution in [1.82, 2.24) is 20.4 Å². The van der Waals surface area contributed by atoms with Gasteiger partial charge in [-0.15, -0.1) is 24.0 Å². The minimum atomic E-state index is -0.0117. The molecule has 2 N–H and O–H groups in total. The maximum atomic E-state index is 12.0. The predicted octanol–water partition coefficient (Wildman–Crippen LogP) is 2.24. The van der Waals surface area contributed by atoms with Crippen LogP contribution in [-0.2, 0) is 9.53 Å². The molecule has 0 bridgehead atoms. The van der Waals surface area contributed by atoms with Crippen molar-refractivity contribution >= 4 is 35.8 Å². The van der Waals surface area contributed by atoms with Gasteiger partial charge in [-0.25, -0.2) is 4.99 Å². The first-order valence-electron chi connectivity index (χ1n) is 10.8. The number of guanidine groups is 1. The highest BCUT2D eigenvalue weighted by atomic mass is 127. The molecule has 2 heterocycles. The molecular weight excluding hydrogens is 493 g/mol. The van der Waals surface area contributed by atoms with Crippen LogP contribution in [0.3, 0.4) is 0 Å². The molecule has 2 aliphatic rings. The van der Waals surface area contributed by atoms with Crippen LogP contribution in [0.5, 0.6) is 0 Å². The van der Waals surface area contributed by atoms with Crippen LogP contribution < -0.4 is 10.6 Å². The number of likely N-dealkylation sites (N-methyl/N-ethyl adjacent to an activating group) is 1. The van der Waals surface area contributed by atoms with Crippen LogP contribution in [0.4, 0.5) is 0 Å². The molecule has 2 atom stereocenters. The topological polar surface area (TPSA) is 69.2 Å². The Labute approximate surface area is 197 Å². The van der Waals surface area contributed by atoms with Crippen LogP contribution in [-0.4, -0.2) is 81.2 Å². The summed E-state index contributed by atoms with van der Waals surface area (Å²) < 4.78 is 5.71. The number of carbonyl (C=O) groups excluding carboxylic acids is 1. The van der Waals surface area contributed by atoms with Gasteiger partial charge in [0.15, 0.2) is 5.96 Å². The molecule has 0 saturated carbocycles. The van der Waals surface area contributed by atoms with Gasteiger partial charge in [-0.05, 0) is 44.3 Å². The lowest BCUT2D eigenvalue weighted by Crippen LogP contribution is -2.45. The standard InChI is InChI=1S/C22H35N5O2.HI/c1-26(2)21(28)17-25-22(23-15-19-11-8-14-29-19)24-16-20(27-12-6-7-13-27)18-9-4-3-5-10-18;/h3-5,9-10,19-20H,6-8,11-17H2,1-2H3,(H2,23,24,25);1H. The zero-order chi connectivity index (χ0) is 20.5. The summed E-state index contributed by atoms with van der Waals surface area (Å²) >= 11 is 0. The minimum absolute atomic E-state index is 0. The summed E-state index contributed by atoms with van der Waals surface area (Å²) in [5.41, 5.74) is 1.31. The van der Waals surface area contributed by atoms with Crippen LogP contribution in [0.25, 0.3) is 0 Å². The van der Waals surface area contributed by atoms with Crippen LogP contribution in [0.2, 0.25) is 0 Å². The van der Waals surface area contributed by atoms with E-state index in [0.717, 1.165) is 39.1 Å². The lowest BCUT2D eigenvalue weighted by Gasteiger charge is -2.29. The summed E-state index contributed by atoms with van der Waals surface area (Å²) in [6.07, 6.45) is 4.89. The first-order valence-corrected chi connectivity index (χ1v) is 10.8. The number of rotatable bonds is 8. The van der Waals surface area contributed by atoms with Crippen molar-refractivity contribution in [1.29, 1.82) is 0 Å². The van der Waals surface area contributed by atoms with Gasteiger partial charge < -0.3 is 20.3 Å². The van der Waals surface area contributed by atoms with Crippen molar-refractivity contribution in [2.24, 2.45) is 4.99 Å². The van der Waals surface area contributed by atoms with Crippen molar-refractivity contribution < 1.29 is 9.53 Å². The Bertz CT molecular complexity index is 659. The molecule has 2 unspecified atom stereocenters. The Morgan fingerprint density at radius 1 is 1.20 bits per heavy atom. The molecule has 2 saturated heterocycles. The third kappa shape index (κ3) is 7.70. The number of nitrogens with zero attached hydrogens (tertiary/aromatic N) is 3. The number of amides is 1. The number of halogens is 1. The molecule has 0 aromatic heterocycles. The molecule has 2 aliphatic heterocycles. The number of hydrogen-bond acceptors (Lipinski definition) is 4. The van der Waals surface area contributed by atoms with Gasteiger partial charge in [-0.1, -0.05) is 30.3 Å². The van der Waals surface area contributed by atoms with E-state index in [-0.39, 0.29) is 48.6 Å². The van der Waals surface area contributed by atoms with Crippen LogP contribution in [0, 0.1) is 0 Å². The smallest absolute Gasteiger partial charge is 0.243 e. The summed E-state index contributed by atoms with van der Waals surface area (Å²) in [6, 6.07) is 10.9. The second kappa shape index (κ2) is 13.1. The summed E-state index contributed by atoms with van der Waals surface area (Å²) in [5.74, 6) is 0.665. The van der Waals surface area contributed by atoms with E-state index in [1.807, 2.05) is 0 Å². The Kier molecular flexibility index (Phi) is 10.9. The van der Waals surface area contributed by atoms with Crippen molar-refractivity contribution in [3.05, 3.63) is 35.9 Å². The quantitative estimate of drug-likeness (QED) is 0.307. The summed E-state index contributed by atoms with van der Waals surface area (Å²) in [4.78, 5) is 20.6. The first kappa shape index (κ1) is 24.9. The van der Waals surface area contributed by atoms with Gasteiger partial charge >= 0.3 is 0 Å². The molecule has 2 fully saturated rings. The molecule has 0 spiro atoms. The third-order valence-corrected chi connectivity index (χ3v) is 5.62. The van der Waals surface area contributed by atoms with Gasteiger partial charge in [-0.3, -0.25) is 9.69 Å². The SMILES string of the molecule is CN(C)C(=O)CN=C(NCC1CCCO1)NCC(c1ccccc1)N1CCCC1.I. The van der Waals surface area contributed by atoms with E-state index < -0.39 is 0 Å². The fourth-order valence-corrected chi connectivity index (χ4v) is 3.86. The van der Waals surface area contributed by atoms with Gasteiger partial charge in [0, 0.05) is 33.8 Å². The van der Waals surface area contributed by atoms with Crippen LogP contribution in [0.1, 0.15) is 37.3 Å². The van der Waals surface area contributed by atoms with Gasteiger partial charge in [-0.2, -0.15) is 0 Å². The van der Waals surface area contributed by atoms with E-state index >= 15 is 0 Å². The third-order valence-electron chi connectivity index (χ3n) is 5.62. The molecule has 8 heteroatoms. The fraction of sp³-hybridized carbons (Fsp3) is 0.636. The van der Waals surface area contributed by atoms with Gasteiger partial charge in [0.25, 0.3) is 0 Å². The van der Waals surface area contributed by atoms with E-state index in [2.05, 4.69) is 50.9 Å². The largest absolute Gasteiger partial charge is 0.376 e. The van der Waals surface area contributed by atoms with Crippen molar-refractivity contribution in [3.63, 3.8) is 0 Å². The van der Waals surface area contributed by atoms with E-state index in [1.165, 1.54) is 18.4 Å². The Hall–Kier alpha value is -1.39. The average molecular weight is 529 g/mol. The van der Waals surface area contributed by atoms with Crippen LogP contribution in [0.15, 0.2) is 35.3 Å². The van der Waals surface area contributed by atoms with E-state index in [4.69, 9.17) is 4.74 Å². The Balaban J connectivity index is 0.00000320. The van der Waals surface area contributed by atoms with Crippen molar-refractivity contribution in [3.8, 4) is 0 Å². The first-order chi connectivity index (χ1) is 14.1. The van der Waals surface area contributed by atoms with E-state index in [0.29, 0.717) is 12.5 Å². The fourth-order valence-electron chi connectivity index (χ4n) is 3.86. The molecule has 3 rings (SSSR count). The molecular formula is C22H36IN5O2. The highest BCUT2D eigenvalue weighted by Crippen LogP contribution is 2.24. The van der Waals surface area contributed by atoms with Gasteiger partial charge in [0.05, 0.1) is 12.1 Å². The van der Waals surface area contributed by atoms with Crippen molar-refractivity contribution in [2.75, 3.05) is 53.4 Å². The zero-order valence-electron chi connectivity index (χ0n) is 18.2. The molecule has 0 aliphatic carbocycles. The minimum Gasteiger partial charge on any atom is -0.376 e. The molecule has 1 aromatic carbocycles. The van der Waals surface area contributed by atoms with Crippen molar-refractivity contribution in [2.45, 2.75) is 37.8 Å². The summed E-state index contributed by atoms with van der Waals surface area (Å²) in [7, 11) is 3.51. The maximum absolute atomic E-state index is 12.0. The molecule has 30 heavy (non-hydrogen) atoms. The number of carbonyl (C=O) groups is 1. The molecule has 168 valence electrons. The van der Waals surface area contributed by atoms with E-state index in [1.54, 1.807) is 19.0 Å². The second-order valence-electron chi connectivity index (χ2n) is 8.02. The normalized spacial score (nSPS) is 20.5. The molecule has 7 nitrogen and oxygen atoms in total. The predicted molar refractivity (Wildman–Crippen MR) is 131 cm³/mol. The highest BCUT2D eigenvalue weighted by Gasteiger charge is 2.24. The molecule has 1 aromatic rings. The average Bonchev–Trinajstić information content (AvgIpc) is 3.44. The van der Waals surface area contributed by atoms with Gasteiger partial charge in [0.1, 0.15) is 6.54 Å². The monoisotopic (exact) mass is 529 g/mol. The number of aliphatic imine (C=N–C) groups is 1. The Morgan fingerprint density at radius 2 is 1.93 bits per heavy atom. The molecule has 0 radical (unpaired) electrons. The number of benzene rings is 1. The zero-order valence-corrected chi connectivity index (χ0v) is 20.5. The van der Waals surface area contributed by atoms with Gasteiger partial charge in [0.2, 0.25) is 5.91 Å². The lowest BCUT2D eigenvalue weighted by molar-refractivity contribution is -0.127. The number of ether oxygens (including phenoxy) is 1. The highest BCUT2D eigenvalue weighted by molar-refractivity contribution is 14.0. The number of hydrogen-bond donors (Lipinski definition) is 2. The summed E-state index contributed by atoms with van der Waals surface area (Å²) in [6.45, 7) is 4.66. The lowest BCUT2D eigenvalue weighted by atomic mass is 10.1. The van der Waals surface area contributed by atoms with E-state index in [9.17, 15) is 4.79 Å². The molecule has 1 amide bonds. The number of nitrogens with one attached hydrogen (secondary N) is 2. The maximum Gasteiger partial charge on any atom is 0.243 e. The Morgan fingerprint density at radius 3 is 2.57 bits per heavy atom. The second-order valence-corrected chi connectivity index (χ2v) is 8.02. The van der Waals surface area contributed by atoms with Crippen LogP contribution >= 0.6 is 24.0 Å². The number of likely N-dealkylation sites (tertiary alicyclic amines) is 1.